The lowest BCUT2D eigenvalue weighted by atomic mass is 10.1. The summed E-state index contributed by atoms with van der Waals surface area (Å²) < 4.78 is 30.8. The predicted molar refractivity (Wildman–Crippen MR) is 73.7 cm³/mol. The number of hydrogen-bond acceptors (Lipinski definition) is 5. The molecule has 0 amide bonds. The lowest BCUT2D eigenvalue weighted by molar-refractivity contribution is -0.141. The van der Waals surface area contributed by atoms with E-state index in [0.717, 1.165) is 18.5 Å². The Hall–Kier alpha value is -1.37. The monoisotopic (exact) mass is 300 g/mol. The van der Waals surface area contributed by atoms with Crippen LogP contribution in [0.4, 0.5) is 0 Å². The van der Waals surface area contributed by atoms with Crippen LogP contribution in [-0.4, -0.2) is 37.0 Å². The van der Waals surface area contributed by atoms with Crippen molar-refractivity contribution < 1.29 is 17.9 Å². The lowest BCUT2D eigenvalue weighted by Gasteiger charge is -2.14. The highest BCUT2D eigenvalue weighted by Crippen LogP contribution is 2.50. The molecule has 20 heavy (non-hydrogen) atoms. The normalized spacial score (nSPS) is 16.9. The first-order valence-corrected chi connectivity index (χ1v) is 8.34. The summed E-state index contributed by atoms with van der Waals surface area (Å²) in [7, 11) is -0.201. The Morgan fingerprint density at radius 3 is 2.60 bits per heavy atom. The van der Waals surface area contributed by atoms with Crippen molar-refractivity contribution in [1.29, 1.82) is 0 Å². The second kappa shape index (κ2) is 5.20. The van der Waals surface area contributed by atoms with Crippen molar-refractivity contribution in [3.05, 3.63) is 17.5 Å². The molecule has 1 heterocycles. The minimum absolute atomic E-state index is 0.0345. The highest BCUT2D eigenvalue weighted by Gasteiger charge is 2.47. The summed E-state index contributed by atoms with van der Waals surface area (Å²) in [5, 5.41) is 4.15. The van der Waals surface area contributed by atoms with E-state index in [9.17, 15) is 13.2 Å². The molecule has 1 aliphatic carbocycles. The van der Waals surface area contributed by atoms with Gasteiger partial charge in [0.2, 0.25) is 0 Å². The van der Waals surface area contributed by atoms with E-state index in [1.165, 1.54) is 7.11 Å². The highest BCUT2D eigenvalue weighted by atomic mass is 32.2. The summed E-state index contributed by atoms with van der Waals surface area (Å²) in [6.07, 6.45) is 1.73. The number of carbonyl (C=O) groups is 1. The molecule has 7 heteroatoms. The average molecular weight is 300 g/mol. The summed E-state index contributed by atoms with van der Waals surface area (Å²) >= 11 is 0. The molecule has 1 aliphatic rings. The SMILES string of the molecule is COC(=O)CC1(CS(=O)(=O)Cc2cc(C)nn2C)CC1. The molecule has 0 radical (unpaired) electrons. The lowest BCUT2D eigenvalue weighted by Crippen LogP contribution is -2.23. The van der Waals surface area contributed by atoms with Crippen LogP contribution in [0.5, 0.6) is 0 Å². The third-order valence-electron chi connectivity index (χ3n) is 3.70. The quantitative estimate of drug-likeness (QED) is 0.732. The Morgan fingerprint density at radius 2 is 2.15 bits per heavy atom. The number of ether oxygens (including phenoxy) is 1. The van der Waals surface area contributed by atoms with Crippen LogP contribution in [0, 0.1) is 12.3 Å². The summed E-state index contributed by atoms with van der Waals surface area (Å²) in [6, 6.07) is 1.78. The van der Waals surface area contributed by atoms with Crippen LogP contribution in [-0.2, 0) is 32.2 Å². The number of aryl methyl sites for hydroxylation is 2. The van der Waals surface area contributed by atoms with Gasteiger partial charge in [-0.15, -0.1) is 0 Å². The highest BCUT2D eigenvalue weighted by molar-refractivity contribution is 7.90. The van der Waals surface area contributed by atoms with Crippen LogP contribution >= 0.6 is 0 Å². The Morgan fingerprint density at radius 1 is 1.50 bits per heavy atom. The zero-order valence-corrected chi connectivity index (χ0v) is 12.9. The molecule has 0 unspecified atom stereocenters. The maximum absolute atomic E-state index is 12.3. The predicted octanol–water partition coefficient (Wildman–Crippen LogP) is 0.987. The van der Waals surface area contributed by atoms with Crippen molar-refractivity contribution in [1.82, 2.24) is 9.78 Å². The van der Waals surface area contributed by atoms with E-state index in [1.807, 2.05) is 6.92 Å². The summed E-state index contributed by atoms with van der Waals surface area (Å²) in [5.41, 5.74) is 1.07. The fourth-order valence-electron chi connectivity index (χ4n) is 2.47. The second-order valence-corrected chi connectivity index (χ2v) is 7.75. The van der Waals surface area contributed by atoms with Gasteiger partial charge in [-0.1, -0.05) is 0 Å². The molecule has 0 atom stereocenters. The Labute approximate surface area is 119 Å². The molecule has 1 aromatic heterocycles. The Kier molecular flexibility index (Phi) is 3.90. The van der Waals surface area contributed by atoms with Crippen LogP contribution in [0.15, 0.2) is 6.07 Å². The van der Waals surface area contributed by atoms with Crippen molar-refractivity contribution in [3.63, 3.8) is 0 Å². The minimum atomic E-state index is -3.26. The smallest absolute Gasteiger partial charge is 0.306 e. The molecule has 1 saturated carbocycles. The van der Waals surface area contributed by atoms with Gasteiger partial charge in [0.25, 0.3) is 0 Å². The fourth-order valence-corrected chi connectivity index (χ4v) is 4.62. The third kappa shape index (κ3) is 3.59. The first-order chi connectivity index (χ1) is 9.25. The van der Waals surface area contributed by atoms with Crippen LogP contribution < -0.4 is 0 Å². The first kappa shape index (κ1) is 15.0. The summed E-state index contributed by atoms with van der Waals surface area (Å²) in [5.74, 6) is -0.332. The molecule has 112 valence electrons. The van der Waals surface area contributed by atoms with Gasteiger partial charge in [0.05, 0.1) is 36.4 Å². The van der Waals surface area contributed by atoms with Gasteiger partial charge in [0, 0.05) is 7.05 Å². The van der Waals surface area contributed by atoms with E-state index in [-0.39, 0.29) is 23.9 Å². The van der Waals surface area contributed by atoms with E-state index in [4.69, 9.17) is 0 Å². The molecule has 0 aromatic carbocycles. The standard InChI is InChI=1S/C13H20N2O4S/c1-10-6-11(15(2)14-10)8-20(17,18)9-13(4-5-13)7-12(16)19-3/h6H,4-5,7-9H2,1-3H3. The van der Waals surface area contributed by atoms with Crippen molar-refractivity contribution in [2.45, 2.75) is 31.9 Å². The zero-order chi connectivity index (χ0) is 15.0. The topological polar surface area (TPSA) is 78.3 Å². The number of aromatic nitrogens is 2. The molecule has 1 aromatic rings. The Balaban J connectivity index is 2.05. The summed E-state index contributed by atoms with van der Waals surface area (Å²) in [4.78, 5) is 11.3. The van der Waals surface area contributed by atoms with Crippen molar-refractivity contribution in [2.75, 3.05) is 12.9 Å². The molecule has 0 spiro atoms. The fraction of sp³-hybridized carbons (Fsp3) is 0.692. The van der Waals surface area contributed by atoms with Gasteiger partial charge in [0.1, 0.15) is 0 Å². The maximum Gasteiger partial charge on any atom is 0.306 e. The Bertz CT molecular complexity index is 614. The number of hydrogen-bond donors (Lipinski definition) is 0. The molecule has 0 bridgehead atoms. The number of nitrogens with zero attached hydrogens (tertiary/aromatic N) is 2. The number of sulfone groups is 1. The minimum Gasteiger partial charge on any atom is -0.469 e. The molecular weight excluding hydrogens is 280 g/mol. The van der Waals surface area contributed by atoms with E-state index >= 15 is 0 Å². The molecule has 0 aliphatic heterocycles. The number of rotatable bonds is 6. The van der Waals surface area contributed by atoms with Gasteiger partial charge in [0.15, 0.2) is 9.84 Å². The van der Waals surface area contributed by atoms with E-state index < -0.39 is 15.3 Å². The molecule has 2 rings (SSSR count). The van der Waals surface area contributed by atoms with Gasteiger partial charge in [-0.05, 0) is 31.2 Å². The van der Waals surface area contributed by atoms with Gasteiger partial charge in [-0.2, -0.15) is 5.10 Å². The van der Waals surface area contributed by atoms with Crippen LogP contribution in [0.1, 0.15) is 30.7 Å². The first-order valence-electron chi connectivity index (χ1n) is 6.52. The molecule has 6 nitrogen and oxygen atoms in total. The maximum atomic E-state index is 12.3. The van der Waals surface area contributed by atoms with Gasteiger partial charge >= 0.3 is 5.97 Å². The van der Waals surface area contributed by atoms with E-state index in [1.54, 1.807) is 17.8 Å². The van der Waals surface area contributed by atoms with Crippen LogP contribution in [0.25, 0.3) is 0 Å². The van der Waals surface area contributed by atoms with Crippen molar-refractivity contribution >= 4 is 15.8 Å². The molecular formula is C13H20N2O4S. The van der Waals surface area contributed by atoms with Gasteiger partial charge in [-0.25, -0.2) is 8.42 Å². The van der Waals surface area contributed by atoms with Crippen LogP contribution in [0.3, 0.4) is 0 Å². The molecule has 0 saturated heterocycles. The molecule has 1 fully saturated rings. The van der Waals surface area contributed by atoms with Gasteiger partial charge < -0.3 is 4.74 Å². The summed E-state index contributed by atoms with van der Waals surface area (Å²) in [6.45, 7) is 1.83. The van der Waals surface area contributed by atoms with Gasteiger partial charge in [-0.3, -0.25) is 9.48 Å². The largest absolute Gasteiger partial charge is 0.469 e. The number of methoxy groups -OCH3 is 1. The van der Waals surface area contributed by atoms with E-state index in [2.05, 4.69) is 9.84 Å². The van der Waals surface area contributed by atoms with Crippen LogP contribution in [0.2, 0.25) is 0 Å². The number of esters is 1. The van der Waals surface area contributed by atoms with Crippen molar-refractivity contribution in [2.24, 2.45) is 12.5 Å². The average Bonchev–Trinajstić information content (AvgIpc) is 2.97. The van der Waals surface area contributed by atoms with Crippen molar-refractivity contribution in [3.8, 4) is 0 Å². The third-order valence-corrected chi connectivity index (χ3v) is 5.48. The molecule has 0 N–H and O–H groups in total. The zero-order valence-electron chi connectivity index (χ0n) is 12.0. The second-order valence-electron chi connectivity index (χ2n) is 5.69. The van der Waals surface area contributed by atoms with E-state index in [0.29, 0.717) is 5.69 Å². The number of carbonyl (C=O) groups excluding carboxylic acids is 1.